The second-order valence-electron chi connectivity index (χ2n) is 6.50. The molecular formula is C20H20F2N2O5. The van der Waals surface area contributed by atoms with Crippen LogP contribution in [0.2, 0.25) is 0 Å². The van der Waals surface area contributed by atoms with E-state index in [2.05, 4.69) is 5.32 Å². The molecule has 1 fully saturated rings. The number of amides is 2. The quantitative estimate of drug-likeness (QED) is 0.796. The first-order chi connectivity index (χ1) is 13.9. The van der Waals surface area contributed by atoms with Gasteiger partial charge >= 0.3 is 6.09 Å². The van der Waals surface area contributed by atoms with Crippen LogP contribution in [-0.4, -0.2) is 54.4 Å². The predicted molar refractivity (Wildman–Crippen MR) is 98.3 cm³/mol. The number of halogens is 2. The van der Waals surface area contributed by atoms with Crippen LogP contribution in [0.25, 0.3) is 0 Å². The number of benzene rings is 2. The van der Waals surface area contributed by atoms with E-state index < -0.39 is 29.7 Å². The van der Waals surface area contributed by atoms with Gasteiger partial charge in [0.15, 0.2) is 11.6 Å². The molecule has 0 bridgehead atoms. The van der Waals surface area contributed by atoms with E-state index in [1.54, 1.807) is 0 Å². The lowest BCUT2D eigenvalue weighted by molar-refractivity contribution is -0.0263. The Morgan fingerprint density at radius 2 is 1.97 bits per heavy atom. The van der Waals surface area contributed by atoms with Crippen molar-refractivity contribution in [3.05, 3.63) is 65.2 Å². The first-order valence-electron chi connectivity index (χ1n) is 8.97. The van der Waals surface area contributed by atoms with Crippen LogP contribution in [0.15, 0.2) is 42.5 Å². The summed E-state index contributed by atoms with van der Waals surface area (Å²) in [5.74, 6) is -2.31. The molecule has 154 valence electrons. The minimum Gasteiger partial charge on any atom is -0.505 e. The first-order valence-corrected chi connectivity index (χ1v) is 8.97. The smallest absolute Gasteiger partial charge is 0.410 e. The van der Waals surface area contributed by atoms with Gasteiger partial charge in [0.1, 0.15) is 12.4 Å². The zero-order chi connectivity index (χ0) is 20.8. The van der Waals surface area contributed by atoms with Crippen LogP contribution in [0.5, 0.6) is 5.75 Å². The third-order valence-electron chi connectivity index (χ3n) is 4.37. The number of morpholine rings is 1. The number of nitrogens with zero attached hydrogens (tertiary/aromatic N) is 1. The zero-order valence-corrected chi connectivity index (χ0v) is 15.4. The van der Waals surface area contributed by atoms with E-state index in [1.807, 2.05) is 0 Å². The number of nitrogens with one attached hydrogen (secondary N) is 1. The predicted octanol–water partition coefficient (Wildman–Crippen LogP) is 2.44. The van der Waals surface area contributed by atoms with Gasteiger partial charge in [-0.25, -0.2) is 13.6 Å². The van der Waals surface area contributed by atoms with Crippen LogP contribution in [0.3, 0.4) is 0 Å². The molecule has 2 aromatic rings. The van der Waals surface area contributed by atoms with Crippen molar-refractivity contribution in [2.24, 2.45) is 0 Å². The van der Waals surface area contributed by atoms with Crippen molar-refractivity contribution < 1.29 is 33.0 Å². The third-order valence-corrected chi connectivity index (χ3v) is 4.37. The van der Waals surface area contributed by atoms with E-state index >= 15 is 0 Å². The van der Waals surface area contributed by atoms with Crippen molar-refractivity contribution in [3.8, 4) is 5.75 Å². The van der Waals surface area contributed by atoms with Gasteiger partial charge < -0.3 is 24.8 Å². The van der Waals surface area contributed by atoms with Gasteiger partial charge in [-0.3, -0.25) is 4.79 Å². The minimum atomic E-state index is -0.887. The summed E-state index contributed by atoms with van der Waals surface area (Å²) in [6.45, 7) is 0.968. The van der Waals surface area contributed by atoms with Gasteiger partial charge in [0.25, 0.3) is 5.91 Å². The van der Waals surface area contributed by atoms with E-state index in [0.29, 0.717) is 12.1 Å². The van der Waals surface area contributed by atoms with Crippen LogP contribution in [0.4, 0.5) is 13.6 Å². The maximum atomic E-state index is 13.4. The van der Waals surface area contributed by atoms with Gasteiger partial charge in [0.05, 0.1) is 19.3 Å². The lowest BCUT2D eigenvalue weighted by Gasteiger charge is -2.32. The molecule has 2 aromatic carbocycles. The van der Waals surface area contributed by atoms with Gasteiger partial charge in [0.2, 0.25) is 0 Å². The molecule has 7 nitrogen and oxygen atoms in total. The molecule has 1 aliphatic rings. The maximum Gasteiger partial charge on any atom is 0.410 e. The summed E-state index contributed by atoms with van der Waals surface area (Å²) in [5, 5.41) is 11.8. The van der Waals surface area contributed by atoms with Gasteiger partial charge in [-0.15, -0.1) is 0 Å². The first kappa shape index (κ1) is 20.5. The van der Waals surface area contributed by atoms with Crippen molar-refractivity contribution in [2.45, 2.75) is 12.7 Å². The fourth-order valence-electron chi connectivity index (χ4n) is 2.78. The third kappa shape index (κ3) is 5.64. The van der Waals surface area contributed by atoms with E-state index in [0.717, 1.165) is 12.1 Å². The van der Waals surface area contributed by atoms with Gasteiger partial charge in [-0.1, -0.05) is 12.1 Å². The number of hydrogen-bond donors (Lipinski definition) is 2. The Balaban J connectivity index is 1.46. The van der Waals surface area contributed by atoms with Crippen molar-refractivity contribution in [1.29, 1.82) is 0 Å². The SMILES string of the molecule is O=C(NCC1CN(C(=O)OCc2ccc(F)cc2)CCO1)c1ccc(O)c(F)c1. The lowest BCUT2D eigenvalue weighted by atomic mass is 10.2. The molecule has 1 atom stereocenters. The van der Waals surface area contributed by atoms with Crippen molar-refractivity contribution in [2.75, 3.05) is 26.2 Å². The average Bonchev–Trinajstić information content (AvgIpc) is 2.73. The highest BCUT2D eigenvalue weighted by Crippen LogP contribution is 2.16. The fraction of sp³-hybridized carbons (Fsp3) is 0.300. The maximum absolute atomic E-state index is 13.4. The molecule has 2 amide bonds. The highest BCUT2D eigenvalue weighted by atomic mass is 19.1. The summed E-state index contributed by atoms with van der Waals surface area (Å²) in [5.41, 5.74) is 0.727. The summed E-state index contributed by atoms with van der Waals surface area (Å²) in [7, 11) is 0. The van der Waals surface area contributed by atoms with Crippen LogP contribution in [-0.2, 0) is 16.1 Å². The molecule has 0 aromatic heterocycles. The second kappa shape index (κ2) is 9.33. The van der Waals surface area contributed by atoms with Crippen LogP contribution in [0, 0.1) is 11.6 Å². The second-order valence-corrected chi connectivity index (χ2v) is 6.50. The molecule has 0 aliphatic carbocycles. The molecule has 1 saturated heterocycles. The molecular weight excluding hydrogens is 386 g/mol. The van der Waals surface area contributed by atoms with E-state index in [9.17, 15) is 23.5 Å². The van der Waals surface area contributed by atoms with E-state index in [-0.39, 0.29) is 37.7 Å². The molecule has 1 aliphatic heterocycles. The summed E-state index contributed by atoms with van der Waals surface area (Å²) in [6.07, 6.45) is -0.984. The number of ether oxygens (including phenoxy) is 2. The number of aromatic hydroxyl groups is 1. The Kier molecular flexibility index (Phi) is 6.61. The number of rotatable bonds is 5. The van der Waals surface area contributed by atoms with Crippen molar-refractivity contribution in [3.63, 3.8) is 0 Å². The zero-order valence-electron chi connectivity index (χ0n) is 15.4. The Morgan fingerprint density at radius 1 is 1.21 bits per heavy atom. The summed E-state index contributed by atoms with van der Waals surface area (Å²) < 4.78 is 37.0. The van der Waals surface area contributed by atoms with E-state index in [4.69, 9.17) is 9.47 Å². The standard InChI is InChI=1S/C20H20F2N2O5/c21-15-4-1-13(2-5-15)12-29-20(27)24-7-8-28-16(11-24)10-23-19(26)14-3-6-18(25)17(22)9-14/h1-6,9,16,25H,7-8,10-12H2,(H,23,26). The Morgan fingerprint density at radius 3 is 2.69 bits per heavy atom. The van der Waals surface area contributed by atoms with Gasteiger partial charge in [-0.05, 0) is 35.9 Å². The number of phenolic OH excluding ortho intramolecular Hbond substituents is 1. The number of carbonyl (C=O) groups is 2. The molecule has 2 N–H and O–H groups in total. The Hall–Kier alpha value is -3.20. The fourth-order valence-corrected chi connectivity index (χ4v) is 2.78. The minimum absolute atomic E-state index is 0.0181. The largest absolute Gasteiger partial charge is 0.505 e. The number of carbonyl (C=O) groups excluding carboxylic acids is 2. The summed E-state index contributed by atoms with van der Waals surface area (Å²) in [4.78, 5) is 25.8. The topological polar surface area (TPSA) is 88.1 Å². The Bertz CT molecular complexity index is 876. The van der Waals surface area contributed by atoms with Crippen LogP contribution >= 0.6 is 0 Å². The molecule has 0 spiro atoms. The molecule has 0 radical (unpaired) electrons. The molecule has 1 heterocycles. The number of hydrogen-bond acceptors (Lipinski definition) is 5. The molecule has 3 rings (SSSR count). The van der Waals surface area contributed by atoms with Gasteiger partial charge in [-0.2, -0.15) is 0 Å². The Labute approximate surface area is 165 Å². The summed E-state index contributed by atoms with van der Waals surface area (Å²) >= 11 is 0. The monoisotopic (exact) mass is 406 g/mol. The van der Waals surface area contributed by atoms with Gasteiger partial charge in [0, 0.05) is 18.7 Å². The lowest BCUT2D eigenvalue weighted by Crippen LogP contribution is -2.49. The van der Waals surface area contributed by atoms with Crippen molar-refractivity contribution in [1.82, 2.24) is 10.2 Å². The molecule has 29 heavy (non-hydrogen) atoms. The molecule has 9 heteroatoms. The average molecular weight is 406 g/mol. The van der Waals surface area contributed by atoms with Crippen LogP contribution < -0.4 is 5.32 Å². The molecule has 0 saturated carbocycles. The summed E-state index contributed by atoms with van der Waals surface area (Å²) in [6, 6.07) is 8.98. The number of phenols is 1. The normalized spacial score (nSPS) is 16.3. The highest BCUT2D eigenvalue weighted by molar-refractivity contribution is 5.94. The van der Waals surface area contributed by atoms with E-state index in [1.165, 1.54) is 35.2 Å². The van der Waals surface area contributed by atoms with Crippen molar-refractivity contribution >= 4 is 12.0 Å². The molecule has 1 unspecified atom stereocenters. The highest BCUT2D eigenvalue weighted by Gasteiger charge is 2.26. The van der Waals surface area contributed by atoms with Crippen LogP contribution in [0.1, 0.15) is 15.9 Å².